The number of carbonyl (C=O) groups excluding carboxylic acids is 3. The summed E-state index contributed by atoms with van der Waals surface area (Å²) in [6.45, 7) is 1.05. The molecule has 2 aromatic rings. The Balaban J connectivity index is 1.34. The molecule has 0 bridgehead atoms. The zero-order chi connectivity index (χ0) is 21.5. The monoisotopic (exact) mass is 418 g/mol. The van der Waals surface area contributed by atoms with E-state index >= 15 is 0 Å². The summed E-state index contributed by atoms with van der Waals surface area (Å²) in [5.41, 5.74) is 12.1. The number of nitrogen functional groups attached to an aromatic ring is 1. The van der Waals surface area contributed by atoms with Gasteiger partial charge in [0.05, 0.1) is 0 Å². The zero-order valence-corrected chi connectivity index (χ0v) is 17.3. The summed E-state index contributed by atoms with van der Waals surface area (Å²) < 4.78 is 0. The van der Waals surface area contributed by atoms with Crippen molar-refractivity contribution in [3.05, 3.63) is 64.2 Å². The van der Waals surface area contributed by atoms with Gasteiger partial charge in [-0.15, -0.1) is 0 Å². The maximum Gasteiger partial charge on any atom is 0.255 e. The highest BCUT2D eigenvalue weighted by atomic mass is 16.2. The standard InChI is InChI=1S/C24H26N4O3/c25-16-7-8-17-14(11-16)3-2-6-20(17)26-12-15-4-1-5-18-19(15)13-28(24(18)31)21-9-10-22(29)27-23(21)30/h1,4-5,7-8,11,20-21,26H,2-3,6,9-10,12-13,25H2,(H,27,29,30). The number of aryl methyl sites for hydroxylation is 1. The topological polar surface area (TPSA) is 105 Å². The molecule has 2 unspecified atom stereocenters. The third kappa shape index (κ3) is 3.59. The van der Waals surface area contributed by atoms with E-state index in [4.69, 9.17) is 5.73 Å². The number of nitrogens with two attached hydrogens (primary N) is 1. The van der Waals surface area contributed by atoms with Crippen LogP contribution >= 0.6 is 0 Å². The maximum absolute atomic E-state index is 13.0. The minimum Gasteiger partial charge on any atom is -0.399 e. The van der Waals surface area contributed by atoms with Crippen molar-refractivity contribution in [2.45, 2.75) is 57.3 Å². The molecule has 1 saturated heterocycles. The second-order valence-corrected chi connectivity index (χ2v) is 8.63. The van der Waals surface area contributed by atoms with Crippen molar-refractivity contribution >= 4 is 23.4 Å². The molecule has 0 saturated carbocycles. The van der Waals surface area contributed by atoms with E-state index in [9.17, 15) is 14.4 Å². The highest BCUT2D eigenvalue weighted by molar-refractivity contribution is 6.05. The fraction of sp³-hybridized carbons (Fsp3) is 0.375. The summed E-state index contributed by atoms with van der Waals surface area (Å²) in [4.78, 5) is 38.4. The van der Waals surface area contributed by atoms with Crippen molar-refractivity contribution in [1.29, 1.82) is 0 Å². The Morgan fingerprint density at radius 1 is 1.10 bits per heavy atom. The molecule has 0 spiro atoms. The van der Waals surface area contributed by atoms with Gasteiger partial charge >= 0.3 is 0 Å². The van der Waals surface area contributed by atoms with Crippen molar-refractivity contribution in [3.8, 4) is 0 Å². The molecule has 0 radical (unpaired) electrons. The predicted molar refractivity (Wildman–Crippen MR) is 116 cm³/mol. The second kappa shape index (κ2) is 7.81. The lowest BCUT2D eigenvalue weighted by atomic mass is 9.87. The van der Waals surface area contributed by atoms with Crippen LogP contribution in [0.15, 0.2) is 36.4 Å². The van der Waals surface area contributed by atoms with Gasteiger partial charge in [0.25, 0.3) is 5.91 Å². The van der Waals surface area contributed by atoms with Crippen LogP contribution in [0, 0.1) is 0 Å². The molecule has 2 atom stereocenters. The van der Waals surface area contributed by atoms with Crippen LogP contribution in [0.25, 0.3) is 0 Å². The molecule has 2 heterocycles. The molecule has 0 aromatic heterocycles. The second-order valence-electron chi connectivity index (χ2n) is 8.63. The summed E-state index contributed by atoms with van der Waals surface area (Å²) in [7, 11) is 0. The first kappa shape index (κ1) is 19.8. The molecule has 7 nitrogen and oxygen atoms in total. The molecule has 3 aliphatic rings. The third-order valence-corrected chi connectivity index (χ3v) is 6.70. The van der Waals surface area contributed by atoms with E-state index in [1.807, 2.05) is 24.3 Å². The van der Waals surface area contributed by atoms with E-state index in [1.54, 1.807) is 4.90 Å². The van der Waals surface area contributed by atoms with Crippen molar-refractivity contribution in [2.75, 3.05) is 5.73 Å². The molecule has 2 aromatic carbocycles. The van der Waals surface area contributed by atoms with E-state index in [0.717, 1.165) is 36.1 Å². The van der Waals surface area contributed by atoms with Crippen LogP contribution in [0.5, 0.6) is 0 Å². The SMILES string of the molecule is Nc1ccc2c(c1)CCCC2NCc1cccc2c1CN(C1CCC(=O)NC1=O)C2=O. The van der Waals surface area contributed by atoms with Gasteiger partial charge in [0.1, 0.15) is 6.04 Å². The summed E-state index contributed by atoms with van der Waals surface area (Å²) >= 11 is 0. The van der Waals surface area contributed by atoms with E-state index in [0.29, 0.717) is 25.1 Å². The normalized spacial score (nSPS) is 22.8. The first-order valence-corrected chi connectivity index (χ1v) is 10.9. The van der Waals surface area contributed by atoms with Gasteiger partial charge < -0.3 is 16.0 Å². The highest BCUT2D eigenvalue weighted by Crippen LogP contribution is 2.33. The van der Waals surface area contributed by atoms with Crippen LogP contribution in [0.1, 0.15) is 64.3 Å². The lowest BCUT2D eigenvalue weighted by Crippen LogP contribution is -2.52. The third-order valence-electron chi connectivity index (χ3n) is 6.70. The highest BCUT2D eigenvalue weighted by Gasteiger charge is 2.39. The Kier molecular flexibility index (Phi) is 4.98. The Hall–Kier alpha value is -3.19. The molecule has 160 valence electrons. The number of benzene rings is 2. The minimum atomic E-state index is -0.589. The number of anilines is 1. The van der Waals surface area contributed by atoms with E-state index in [2.05, 4.69) is 22.8 Å². The molecule has 7 heteroatoms. The molecule has 3 amide bonds. The minimum absolute atomic E-state index is 0.134. The molecular weight excluding hydrogens is 392 g/mol. The Morgan fingerprint density at radius 3 is 2.81 bits per heavy atom. The fourth-order valence-electron chi connectivity index (χ4n) is 5.09. The van der Waals surface area contributed by atoms with Crippen molar-refractivity contribution in [1.82, 2.24) is 15.5 Å². The van der Waals surface area contributed by atoms with Gasteiger partial charge in [-0.2, -0.15) is 0 Å². The van der Waals surface area contributed by atoms with Gasteiger partial charge in [0, 0.05) is 36.8 Å². The predicted octanol–water partition coefficient (Wildman–Crippen LogP) is 2.20. The zero-order valence-electron chi connectivity index (χ0n) is 17.3. The lowest BCUT2D eigenvalue weighted by Gasteiger charge is -2.29. The Labute approximate surface area is 181 Å². The van der Waals surface area contributed by atoms with Gasteiger partial charge in [0.2, 0.25) is 11.8 Å². The lowest BCUT2D eigenvalue weighted by molar-refractivity contribution is -0.136. The number of imide groups is 1. The van der Waals surface area contributed by atoms with Crippen LogP contribution < -0.4 is 16.4 Å². The van der Waals surface area contributed by atoms with Gasteiger partial charge in [-0.05, 0) is 66.1 Å². The van der Waals surface area contributed by atoms with Crippen LogP contribution in [-0.4, -0.2) is 28.7 Å². The maximum atomic E-state index is 13.0. The number of amides is 3. The Morgan fingerprint density at radius 2 is 1.97 bits per heavy atom. The first-order valence-electron chi connectivity index (χ1n) is 10.9. The smallest absolute Gasteiger partial charge is 0.255 e. The van der Waals surface area contributed by atoms with E-state index in [-0.39, 0.29) is 30.2 Å². The quantitative estimate of drug-likeness (QED) is 0.522. The number of carbonyl (C=O) groups is 3. The van der Waals surface area contributed by atoms with Crippen molar-refractivity contribution < 1.29 is 14.4 Å². The number of nitrogens with one attached hydrogen (secondary N) is 2. The summed E-state index contributed by atoms with van der Waals surface area (Å²) in [5.74, 6) is -0.787. The first-order chi connectivity index (χ1) is 15.0. The number of rotatable bonds is 4. The summed E-state index contributed by atoms with van der Waals surface area (Å²) in [6.07, 6.45) is 3.86. The Bertz CT molecular complexity index is 1080. The van der Waals surface area contributed by atoms with Gasteiger partial charge in [-0.3, -0.25) is 19.7 Å². The molecule has 1 aliphatic carbocycles. The van der Waals surface area contributed by atoms with Crippen molar-refractivity contribution in [2.24, 2.45) is 0 Å². The van der Waals surface area contributed by atoms with Gasteiger partial charge in [-0.25, -0.2) is 0 Å². The van der Waals surface area contributed by atoms with Gasteiger partial charge in [0.15, 0.2) is 0 Å². The largest absolute Gasteiger partial charge is 0.399 e. The van der Waals surface area contributed by atoms with Crippen LogP contribution in [-0.2, 0) is 29.1 Å². The number of hydrogen-bond acceptors (Lipinski definition) is 5. The fourth-order valence-corrected chi connectivity index (χ4v) is 5.09. The van der Waals surface area contributed by atoms with Crippen molar-refractivity contribution in [3.63, 3.8) is 0 Å². The average molecular weight is 418 g/mol. The molecule has 4 N–H and O–H groups in total. The van der Waals surface area contributed by atoms with E-state index < -0.39 is 6.04 Å². The molecule has 31 heavy (non-hydrogen) atoms. The van der Waals surface area contributed by atoms with Crippen LogP contribution in [0.3, 0.4) is 0 Å². The summed E-state index contributed by atoms with van der Waals surface area (Å²) in [5, 5.41) is 6.03. The number of nitrogens with zero attached hydrogens (tertiary/aromatic N) is 1. The van der Waals surface area contributed by atoms with Gasteiger partial charge in [-0.1, -0.05) is 18.2 Å². The van der Waals surface area contributed by atoms with Crippen LogP contribution in [0.4, 0.5) is 5.69 Å². The molecular formula is C24H26N4O3. The number of piperidine rings is 1. The number of fused-ring (bicyclic) bond motifs is 2. The average Bonchev–Trinajstić information content (AvgIpc) is 3.09. The molecule has 1 fully saturated rings. The summed E-state index contributed by atoms with van der Waals surface area (Å²) in [6, 6.07) is 11.6. The van der Waals surface area contributed by atoms with Crippen LogP contribution in [0.2, 0.25) is 0 Å². The molecule has 2 aliphatic heterocycles. The molecule has 5 rings (SSSR count). The number of hydrogen-bond donors (Lipinski definition) is 3. The van der Waals surface area contributed by atoms with E-state index in [1.165, 1.54) is 11.1 Å².